The first-order chi connectivity index (χ1) is 15.8. The quantitative estimate of drug-likeness (QED) is 0.417. The summed E-state index contributed by atoms with van der Waals surface area (Å²) in [5.41, 5.74) is 1.64. The molecule has 0 saturated carbocycles. The Morgan fingerprint density at radius 3 is 2.30 bits per heavy atom. The number of allylic oxidation sites excluding steroid dienone is 1. The topological polar surface area (TPSA) is 123 Å². The van der Waals surface area contributed by atoms with E-state index in [1.807, 2.05) is 37.3 Å². The van der Waals surface area contributed by atoms with E-state index in [0.29, 0.717) is 11.3 Å². The van der Waals surface area contributed by atoms with E-state index in [-0.39, 0.29) is 23.3 Å². The average molecular weight is 452 g/mol. The molecule has 10 nitrogen and oxygen atoms in total. The number of ether oxygens (including phenoxy) is 2. The maximum atomic E-state index is 13.4. The second kappa shape index (κ2) is 9.94. The van der Waals surface area contributed by atoms with Crippen LogP contribution in [0.2, 0.25) is 0 Å². The number of rotatable bonds is 5. The Morgan fingerprint density at radius 2 is 1.76 bits per heavy atom. The highest BCUT2D eigenvalue weighted by atomic mass is 16.6. The number of nitro benzene ring substituents is 1. The molecule has 2 aromatic carbocycles. The molecule has 0 bridgehead atoms. The maximum Gasteiger partial charge on any atom is 0.338 e. The second-order valence-corrected chi connectivity index (χ2v) is 7.29. The molecule has 2 aromatic rings. The molecular formula is C23H24N4O6. The first kappa shape index (κ1) is 23.5. The van der Waals surface area contributed by atoms with Gasteiger partial charge in [0, 0.05) is 12.1 Å². The number of nitrogens with zero attached hydrogens (tertiary/aromatic N) is 3. The zero-order valence-electron chi connectivity index (χ0n) is 18.6. The molecule has 33 heavy (non-hydrogen) atoms. The lowest BCUT2D eigenvalue weighted by Crippen LogP contribution is -2.50. The molecule has 2 amide bonds. The highest BCUT2D eigenvalue weighted by Crippen LogP contribution is 2.37. The number of nitro groups is 1. The first-order valence-electron chi connectivity index (χ1n) is 10.1. The number of benzene rings is 2. The van der Waals surface area contributed by atoms with Crippen LogP contribution in [0.15, 0.2) is 70.9 Å². The fraction of sp³-hybridized carbons (Fsp3) is 0.261. The minimum atomic E-state index is -0.978. The molecular weight excluding hydrogens is 428 g/mol. The monoisotopic (exact) mass is 452 g/mol. The van der Waals surface area contributed by atoms with E-state index in [1.165, 1.54) is 43.4 Å². The van der Waals surface area contributed by atoms with Crippen LogP contribution in [0, 0.1) is 10.1 Å². The Morgan fingerprint density at radius 1 is 1.12 bits per heavy atom. The van der Waals surface area contributed by atoms with Gasteiger partial charge in [0.15, 0.2) is 0 Å². The summed E-state index contributed by atoms with van der Waals surface area (Å²) in [4.78, 5) is 42.2. The van der Waals surface area contributed by atoms with E-state index in [9.17, 15) is 19.7 Å². The number of urea groups is 1. The van der Waals surface area contributed by atoms with Crippen molar-refractivity contribution in [3.05, 3.63) is 87.1 Å². The Bertz CT molecular complexity index is 1110. The molecule has 1 heterocycles. The summed E-state index contributed by atoms with van der Waals surface area (Å²) >= 11 is 0. The van der Waals surface area contributed by atoms with Crippen molar-refractivity contribution in [2.45, 2.75) is 25.9 Å². The number of carbonyl (C=O) groups excluding carboxylic acids is 2. The minimum Gasteiger partial charge on any atom is -0.468 e. The van der Waals surface area contributed by atoms with Crippen molar-refractivity contribution in [1.82, 2.24) is 10.2 Å². The lowest BCUT2D eigenvalue weighted by Gasteiger charge is -2.36. The number of methoxy groups -OCH3 is 2. The second-order valence-electron chi connectivity index (χ2n) is 7.29. The summed E-state index contributed by atoms with van der Waals surface area (Å²) in [6.45, 7) is 3.43. The van der Waals surface area contributed by atoms with Crippen LogP contribution in [0.1, 0.15) is 37.1 Å². The molecule has 0 fully saturated rings. The van der Waals surface area contributed by atoms with E-state index in [4.69, 9.17) is 9.47 Å². The number of amides is 2. The van der Waals surface area contributed by atoms with Crippen LogP contribution in [-0.2, 0) is 14.3 Å². The van der Waals surface area contributed by atoms with Gasteiger partial charge in [0.05, 0.1) is 36.5 Å². The molecule has 0 spiro atoms. The molecule has 1 aliphatic rings. The van der Waals surface area contributed by atoms with Crippen molar-refractivity contribution < 1.29 is 24.0 Å². The Labute approximate surface area is 190 Å². The first-order valence-corrected chi connectivity index (χ1v) is 10.1. The van der Waals surface area contributed by atoms with Gasteiger partial charge in [-0.2, -0.15) is 0 Å². The zero-order valence-corrected chi connectivity index (χ0v) is 18.6. The number of amidine groups is 1. The van der Waals surface area contributed by atoms with E-state index in [1.54, 1.807) is 6.92 Å². The molecule has 2 atom stereocenters. The molecule has 0 aliphatic carbocycles. The summed E-state index contributed by atoms with van der Waals surface area (Å²) in [6, 6.07) is 13.0. The van der Waals surface area contributed by atoms with Gasteiger partial charge in [-0.15, -0.1) is 0 Å². The molecule has 0 radical (unpaired) electrons. The molecule has 3 rings (SSSR count). The number of non-ortho nitro benzene ring substituents is 1. The number of hydrogen-bond acceptors (Lipinski definition) is 7. The van der Waals surface area contributed by atoms with Gasteiger partial charge in [0.2, 0.25) is 0 Å². The Hall–Kier alpha value is -4.21. The SMILES string of the molecule is COC(=O)C1=C(C)N=C(OC)N(C(=O)NC(C)c2ccccc2)C1c1ccc([N+](=O)[O-])cc1. The van der Waals surface area contributed by atoms with Crippen LogP contribution >= 0.6 is 0 Å². The lowest BCUT2D eigenvalue weighted by atomic mass is 9.94. The van der Waals surface area contributed by atoms with Crippen LogP contribution in [0.5, 0.6) is 0 Å². The summed E-state index contributed by atoms with van der Waals surface area (Å²) in [5, 5.41) is 14.0. The summed E-state index contributed by atoms with van der Waals surface area (Å²) in [5.74, 6) is -0.677. The molecule has 1 aliphatic heterocycles. The van der Waals surface area contributed by atoms with E-state index < -0.39 is 23.0 Å². The number of nitrogens with one attached hydrogen (secondary N) is 1. The van der Waals surface area contributed by atoms with E-state index in [2.05, 4.69) is 10.3 Å². The van der Waals surface area contributed by atoms with Crippen LogP contribution in [-0.4, -0.2) is 42.1 Å². The summed E-state index contributed by atoms with van der Waals surface area (Å²) in [7, 11) is 2.59. The Balaban J connectivity index is 2.07. The predicted molar refractivity (Wildman–Crippen MR) is 120 cm³/mol. The third kappa shape index (κ3) is 4.84. The average Bonchev–Trinajstić information content (AvgIpc) is 2.83. The summed E-state index contributed by atoms with van der Waals surface area (Å²) < 4.78 is 10.3. The van der Waals surface area contributed by atoms with Crippen LogP contribution < -0.4 is 5.32 Å². The number of hydrogen-bond donors (Lipinski definition) is 1. The van der Waals surface area contributed by atoms with Crippen molar-refractivity contribution in [3.8, 4) is 0 Å². The Kier molecular flexibility index (Phi) is 7.07. The van der Waals surface area contributed by atoms with Crippen molar-refractivity contribution in [3.63, 3.8) is 0 Å². The van der Waals surface area contributed by atoms with Gasteiger partial charge in [-0.25, -0.2) is 19.5 Å². The van der Waals surface area contributed by atoms with Gasteiger partial charge in [-0.05, 0) is 37.1 Å². The van der Waals surface area contributed by atoms with E-state index in [0.717, 1.165) is 5.56 Å². The molecule has 1 N–H and O–H groups in total. The molecule has 0 aromatic heterocycles. The van der Waals surface area contributed by atoms with Gasteiger partial charge >= 0.3 is 18.0 Å². The molecule has 10 heteroatoms. The fourth-order valence-corrected chi connectivity index (χ4v) is 3.59. The highest BCUT2D eigenvalue weighted by molar-refractivity contribution is 6.00. The number of aliphatic imine (C=N–C) groups is 1. The van der Waals surface area contributed by atoms with Gasteiger partial charge in [0.1, 0.15) is 6.04 Å². The number of carbonyl (C=O) groups is 2. The molecule has 2 unspecified atom stereocenters. The number of esters is 1. The zero-order chi connectivity index (χ0) is 24.1. The van der Waals surface area contributed by atoms with Gasteiger partial charge in [0.25, 0.3) is 5.69 Å². The van der Waals surface area contributed by atoms with Crippen LogP contribution in [0.25, 0.3) is 0 Å². The highest BCUT2D eigenvalue weighted by Gasteiger charge is 2.41. The van der Waals surface area contributed by atoms with Crippen molar-refractivity contribution >= 4 is 23.7 Å². The fourth-order valence-electron chi connectivity index (χ4n) is 3.59. The van der Waals surface area contributed by atoms with Crippen molar-refractivity contribution in [2.75, 3.05) is 14.2 Å². The van der Waals surface area contributed by atoms with Crippen molar-refractivity contribution in [1.29, 1.82) is 0 Å². The van der Waals surface area contributed by atoms with Crippen LogP contribution in [0.3, 0.4) is 0 Å². The minimum absolute atomic E-state index is 0.0266. The lowest BCUT2D eigenvalue weighted by molar-refractivity contribution is -0.384. The third-order valence-electron chi connectivity index (χ3n) is 5.26. The molecule has 0 saturated heterocycles. The predicted octanol–water partition coefficient (Wildman–Crippen LogP) is 3.87. The van der Waals surface area contributed by atoms with E-state index >= 15 is 0 Å². The third-order valence-corrected chi connectivity index (χ3v) is 5.26. The standard InChI is InChI=1S/C23H24N4O6/c1-14(16-8-6-5-7-9-16)24-22(29)26-20(17-10-12-18(13-11-17)27(30)31)19(21(28)32-3)15(2)25-23(26)33-4/h5-14,20H,1-4H3,(H,24,29). The molecule has 172 valence electrons. The smallest absolute Gasteiger partial charge is 0.338 e. The summed E-state index contributed by atoms with van der Waals surface area (Å²) in [6.07, 6.45) is 0. The van der Waals surface area contributed by atoms with Gasteiger partial charge in [-0.1, -0.05) is 30.3 Å². The van der Waals surface area contributed by atoms with Crippen molar-refractivity contribution in [2.24, 2.45) is 4.99 Å². The largest absolute Gasteiger partial charge is 0.468 e. The normalized spacial score (nSPS) is 16.5. The maximum absolute atomic E-state index is 13.4. The van der Waals surface area contributed by atoms with Gasteiger partial charge < -0.3 is 14.8 Å². The van der Waals surface area contributed by atoms with Crippen LogP contribution in [0.4, 0.5) is 10.5 Å². The van der Waals surface area contributed by atoms with Gasteiger partial charge in [-0.3, -0.25) is 10.1 Å².